The molecule has 0 aliphatic rings. The minimum Gasteiger partial charge on any atom is -0.423 e. The van der Waals surface area contributed by atoms with E-state index in [4.69, 9.17) is 0 Å². The second-order valence-corrected chi connectivity index (χ2v) is 6.53. The van der Waals surface area contributed by atoms with Crippen LogP contribution in [0.25, 0.3) is 33.4 Å². The zero-order chi connectivity index (χ0) is 18.6. The van der Waals surface area contributed by atoms with E-state index in [0.717, 1.165) is 33.4 Å². The first kappa shape index (κ1) is 17.3. The average molecular weight is 350 g/mol. The summed E-state index contributed by atoms with van der Waals surface area (Å²) in [6.45, 7) is 0. The Balaban J connectivity index is 1.90. The molecule has 0 saturated heterocycles. The van der Waals surface area contributed by atoms with Crippen LogP contribution in [0, 0.1) is 0 Å². The van der Waals surface area contributed by atoms with E-state index in [1.54, 1.807) is 6.07 Å². The van der Waals surface area contributed by atoms with E-state index in [1.807, 2.05) is 54.6 Å². The fourth-order valence-corrected chi connectivity index (χ4v) is 3.27. The molecule has 27 heavy (non-hydrogen) atoms. The van der Waals surface area contributed by atoms with Gasteiger partial charge in [0.15, 0.2) is 0 Å². The lowest BCUT2D eigenvalue weighted by Gasteiger charge is -2.12. The predicted octanol–water partition coefficient (Wildman–Crippen LogP) is 4.37. The number of hydrogen-bond acceptors (Lipinski definition) is 2. The maximum Gasteiger partial charge on any atom is 0.488 e. The third-order valence-corrected chi connectivity index (χ3v) is 4.67. The minimum atomic E-state index is -1.48. The quantitative estimate of drug-likeness (QED) is 0.537. The van der Waals surface area contributed by atoms with Crippen molar-refractivity contribution < 1.29 is 10.0 Å². The second kappa shape index (κ2) is 7.62. The van der Waals surface area contributed by atoms with Crippen molar-refractivity contribution in [2.24, 2.45) is 0 Å². The second-order valence-electron chi connectivity index (χ2n) is 6.53. The van der Waals surface area contributed by atoms with Crippen LogP contribution in [0.3, 0.4) is 0 Å². The Hall–Kier alpha value is -3.14. The van der Waals surface area contributed by atoms with Crippen molar-refractivity contribution in [3.05, 3.63) is 103 Å². The van der Waals surface area contributed by atoms with Gasteiger partial charge >= 0.3 is 7.12 Å². The molecule has 0 unspecified atom stereocenters. The van der Waals surface area contributed by atoms with E-state index in [9.17, 15) is 10.0 Å². The van der Waals surface area contributed by atoms with Crippen LogP contribution < -0.4 is 5.46 Å². The van der Waals surface area contributed by atoms with Crippen molar-refractivity contribution in [1.29, 1.82) is 0 Å². The summed E-state index contributed by atoms with van der Waals surface area (Å²) in [6, 6.07) is 34.4. The topological polar surface area (TPSA) is 40.5 Å². The Kier molecular flexibility index (Phi) is 4.88. The lowest BCUT2D eigenvalue weighted by molar-refractivity contribution is 0.426. The van der Waals surface area contributed by atoms with E-state index in [-0.39, 0.29) is 0 Å². The molecule has 3 heteroatoms. The number of benzene rings is 4. The van der Waals surface area contributed by atoms with Crippen molar-refractivity contribution in [2.75, 3.05) is 0 Å². The van der Waals surface area contributed by atoms with Crippen molar-refractivity contribution in [2.45, 2.75) is 0 Å². The summed E-state index contributed by atoms with van der Waals surface area (Å²) in [5, 5.41) is 19.0. The highest BCUT2D eigenvalue weighted by Gasteiger charge is 2.12. The molecule has 0 heterocycles. The molecule has 4 rings (SSSR count). The van der Waals surface area contributed by atoms with Gasteiger partial charge in [-0.1, -0.05) is 84.9 Å². The van der Waals surface area contributed by atoms with Gasteiger partial charge in [0.25, 0.3) is 0 Å². The molecule has 0 spiro atoms. The Bertz CT molecular complexity index is 986. The smallest absolute Gasteiger partial charge is 0.423 e. The summed E-state index contributed by atoms with van der Waals surface area (Å²) >= 11 is 0. The summed E-state index contributed by atoms with van der Waals surface area (Å²) < 4.78 is 0. The molecule has 2 nitrogen and oxygen atoms in total. The van der Waals surface area contributed by atoms with Crippen LogP contribution in [0.15, 0.2) is 103 Å². The van der Waals surface area contributed by atoms with Crippen LogP contribution in [-0.2, 0) is 0 Å². The van der Waals surface area contributed by atoms with Gasteiger partial charge < -0.3 is 10.0 Å². The maximum atomic E-state index is 9.52. The Morgan fingerprint density at radius 2 is 0.852 bits per heavy atom. The molecule has 2 N–H and O–H groups in total. The zero-order valence-electron chi connectivity index (χ0n) is 14.8. The van der Waals surface area contributed by atoms with Gasteiger partial charge in [0.05, 0.1) is 0 Å². The molecule has 0 fully saturated rings. The third kappa shape index (κ3) is 3.85. The lowest BCUT2D eigenvalue weighted by Crippen LogP contribution is -2.29. The van der Waals surface area contributed by atoms with E-state index < -0.39 is 7.12 Å². The van der Waals surface area contributed by atoms with Crippen LogP contribution in [0.5, 0.6) is 0 Å². The fourth-order valence-electron chi connectivity index (χ4n) is 3.27. The fraction of sp³-hybridized carbons (Fsp3) is 0. The van der Waals surface area contributed by atoms with Crippen LogP contribution >= 0.6 is 0 Å². The van der Waals surface area contributed by atoms with Crippen molar-refractivity contribution in [3.8, 4) is 33.4 Å². The summed E-state index contributed by atoms with van der Waals surface area (Å²) in [4.78, 5) is 0. The van der Waals surface area contributed by atoms with Crippen LogP contribution in [0.1, 0.15) is 0 Å². The van der Waals surface area contributed by atoms with E-state index in [0.29, 0.717) is 5.46 Å². The highest BCUT2D eigenvalue weighted by molar-refractivity contribution is 6.58. The Morgan fingerprint density at radius 3 is 1.33 bits per heavy atom. The highest BCUT2D eigenvalue weighted by Crippen LogP contribution is 2.32. The first-order valence-corrected chi connectivity index (χ1v) is 8.93. The number of rotatable bonds is 4. The molecule has 0 aromatic heterocycles. The first-order chi connectivity index (χ1) is 13.2. The summed E-state index contributed by atoms with van der Waals surface area (Å²) in [6.07, 6.45) is 0. The molecule has 0 bridgehead atoms. The van der Waals surface area contributed by atoms with Crippen LogP contribution in [0.2, 0.25) is 0 Å². The van der Waals surface area contributed by atoms with Gasteiger partial charge in [0.2, 0.25) is 0 Å². The Labute approximate surface area is 159 Å². The summed E-state index contributed by atoms with van der Waals surface area (Å²) in [5.74, 6) is 0. The van der Waals surface area contributed by atoms with Gasteiger partial charge in [-0.25, -0.2) is 0 Å². The third-order valence-electron chi connectivity index (χ3n) is 4.67. The predicted molar refractivity (Wildman–Crippen MR) is 113 cm³/mol. The van der Waals surface area contributed by atoms with Crippen molar-refractivity contribution >= 4 is 12.6 Å². The SMILES string of the molecule is OB(O)c1cccc(-c2cc(-c3ccccc3)cc(-c3ccccc3)c2)c1. The summed E-state index contributed by atoms with van der Waals surface area (Å²) in [5.41, 5.74) is 7.03. The molecule has 0 radical (unpaired) electrons. The Morgan fingerprint density at radius 1 is 0.407 bits per heavy atom. The largest absolute Gasteiger partial charge is 0.488 e. The zero-order valence-corrected chi connectivity index (χ0v) is 14.8. The first-order valence-electron chi connectivity index (χ1n) is 8.93. The summed E-state index contributed by atoms with van der Waals surface area (Å²) in [7, 11) is -1.48. The van der Waals surface area contributed by atoms with E-state index >= 15 is 0 Å². The molecule has 130 valence electrons. The normalized spacial score (nSPS) is 10.6. The molecule has 0 atom stereocenters. The molecular weight excluding hydrogens is 331 g/mol. The van der Waals surface area contributed by atoms with Gasteiger partial charge in [-0.05, 0) is 57.0 Å². The lowest BCUT2D eigenvalue weighted by atomic mass is 9.79. The maximum absolute atomic E-state index is 9.52. The molecule has 0 aliphatic carbocycles. The molecule has 0 aliphatic heterocycles. The van der Waals surface area contributed by atoms with Crippen LogP contribution in [0.4, 0.5) is 0 Å². The molecule has 0 amide bonds. The van der Waals surface area contributed by atoms with Gasteiger partial charge in [-0.15, -0.1) is 0 Å². The molecular formula is C24H19BO2. The van der Waals surface area contributed by atoms with Gasteiger partial charge in [0.1, 0.15) is 0 Å². The monoisotopic (exact) mass is 350 g/mol. The van der Waals surface area contributed by atoms with E-state index in [2.05, 4.69) is 42.5 Å². The van der Waals surface area contributed by atoms with Crippen LogP contribution in [-0.4, -0.2) is 17.2 Å². The van der Waals surface area contributed by atoms with Crippen molar-refractivity contribution in [1.82, 2.24) is 0 Å². The standard InChI is InChI=1S/C24H19BO2/c26-25(27)24-13-7-12-20(17-24)23-15-21(18-8-3-1-4-9-18)14-22(16-23)19-10-5-2-6-11-19/h1-17,26-27H. The molecule has 4 aromatic carbocycles. The average Bonchev–Trinajstić information content (AvgIpc) is 2.75. The van der Waals surface area contributed by atoms with Crippen molar-refractivity contribution in [3.63, 3.8) is 0 Å². The number of hydrogen-bond donors (Lipinski definition) is 2. The highest BCUT2D eigenvalue weighted by atomic mass is 16.4. The minimum absolute atomic E-state index is 0.485. The van der Waals surface area contributed by atoms with Gasteiger partial charge in [0, 0.05) is 0 Å². The van der Waals surface area contributed by atoms with E-state index in [1.165, 1.54) is 0 Å². The molecule has 4 aromatic rings. The van der Waals surface area contributed by atoms with Gasteiger partial charge in [-0.3, -0.25) is 0 Å². The molecule has 0 saturated carbocycles. The van der Waals surface area contributed by atoms with Gasteiger partial charge in [-0.2, -0.15) is 0 Å².